The van der Waals surface area contributed by atoms with Crippen molar-refractivity contribution in [3.8, 4) is 5.69 Å². The van der Waals surface area contributed by atoms with Crippen molar-refractivity contribution in [3.63, 3.8) is 0 Å². The highest BCUT2D eigenvalue weighted by Gasteiger charge is 2.18. The molecule has 0 spiro atoms. The molecule has 2 aromatic carbocycles. The Labute approximate surface area is 185 Å². The minimum atomic E-state index is -0.280. The molecule has 0 N–H and O–H groups in total. The molecule has 1 aliphatic rings. The molecule has 1 aliphatic heterocycles. The highest BCUT2D eigenvalue weighted by atomic mass is 32.2. The molecule has 4 rings (SSSR count). The van der Waals surface area contributed by atoms with E-state index >= 15 is 0 Å². The van der Waals surface area contributed by atoms with Gasteiger partial charge in [0.1, 0.15) is 11.6 Å². The van der Waals surface area contributed by atoms with Gasteiger partial charge in [-0.3, -0.25) is 9.36 Å². The summed E-state index contributed by atoms with van der Waals surface area (Å²) in [5.74, 6) is 1.44. The zero-order valence-electron chi connectivity index (χ0n) is 17.2. The van der Waals surface area contributed by atoms with Gasteiger partial charge >= 0.3 is 0 Å². The standard InChI is InChI=1S/C23H25FN4O2S/c24-19-8-10-20(11-9-19)28-21(17-18-5-2-1-3-6-18)25-26-23(28)31-16-4-7-22(29)27-12-14-30-15-13-27/h1-3,5-6,8-11H,4,7,12-17H2. The number of ether oxygens (including phenoxy) is 1. The molecule has 2 heterocycles. The van der Waals surface area contributed by atoms with Gasteiger partial charge in [-0.2, -0.15) is 0 Å². The van der Waals surface area contributed by atoms with E-state index in [0.717, 1.165) is 34.4 Å². The van der Waals surface area contributed by atoms with Gasteiger partial charge in [-0.1, -0.05) is 42.1 Å². The smallest absolute Gasteiger partial charge is 0.222 e. The van der Waals surface area contributed by atoms with Crippen molar-refractivity contribution in [2.75, 3.05) is 32.1 Å². The molecule has 0 saturated carbocycles. The van der Waals surface area contributed by atoms with E-state index in [0.29, 0.717) is 39.1 Å². The lowest BCUT2D eigenvalue weighted by atomic mass is 10.1. The lowest BCUT2D eigenvalue weighted by molar-refractivity contribution is -0.135. The Balaban J connectivity index is 1.44. The number of amides is 1. The maximum atomic E-state index is 13.5. The van der Waals surface area contributed by atoms with Crippen LogP contribution in [-0.4, -0.2) is 57.6 Å². The predicted octanol–water partition coefficient (Wildman–Crippen LogP) is 3.73. The first-order valence-electron chi connectivity index (χ1n) is 10.4. The summed E-state index contributed by atoms with van der Waals surface area (Å²) in [5, 5.41) is 9.54. The van der Waals surface area contributed by atoms with Crippen LogP contribution in [0.5, 0.6) is 0 Å². The Morgan fingerprint density at radius 2 is 1.77 bits per heavy atom. The zero-order valence-corrected chi connectivity index (χ0v) is 18.1. The van der Waals surface area contributed by atoms with Crippen LogP contribution in [0.25, 0.3) is 5.69 Å². The Kier molecular flexibility index (Phi) is 7.32. The lowest BCUT2D eigenvalue weighted by Crippen LogP contribution is -2.40. The number of aromatic nitrogens is 3. The summed E-state index contributed by atoms with van der Waals surface area (Å²) >= 11 is 1.57. The molecule has 0 radical (unpaired) electrons. The third-order valence-electron chi connectivity index (χ3n) is 5.12. The Hall–Kier alpha value is -2.71. The number of thioether (sulfide) groups is 1. The fraction of sp³-hybridized carbons (Fsp3) is 0.348. The second-order valence-electron chi connectivity index (χ2n) is 7.32. The number of morpholine rings is 1. The number of rotatable bonds is 8. The molecule has 1 saturated heterocycles. The minimum absolute atomic E-state index is 0.175. The first kappa shape index (κ1) is 21.5. The van der Waals surface area contributed by atoms with E-state index in [9.17, 15) is 9.18 Å². The number of carbonyl (C=O) groups excluding carboxylic acids is 1. The van der Waals surface area contributed by atoms with E-state index in [4.69, 9.17) is 4.74 Å². The van der Waals surface area contributed by atoms with Gasteiger partial charge in [-0.15, -0.1) is 10.2 Å². The summed E-state index contributed by atoms with van der Waals surface area (Å²) in [7, 11) is 0. The maximum Gasteiger partial charge on any atom is 0.222 e. The van der Waals surface area contributed by atoms with Gasteiger partial charge in [-0.05, 0) is 36.2 Å². The molecular formula is C23H25FN4O2S. The average molecular weight is 441 g/mol. The first-order chi connectivity index (χ1) is 15.2. The molecule has 1 fully saturated rings. The number of nitrogens with zero attached hydrogens (tertiary/aromatic N) is 4. The van der Waals surface area contributed by atoms with E-state index in [2.05, 4.69) is 10.2 Å². The fourth-order valence-corrected chi connectivity index (χ4v) is 4.40. The molecule has 0 unspecified atom stereocenters. The summed E-state index contributed by atoms with van der Waals surface area (Å²) in [6, 6.07) is 16.4. The molecule has 0 bridgehead atoms. The van der Waals surface area contributed by atoms with Crippen LogP contribution in [-0.2, 0) is 16.0 Å². The maximum absolute atomic E-state index is 13.5. The van der Waals surface area contributed by atoms with Crippen LogP contribution in [0.15, 0.2) is 59.8 Å². The third kappa shape index (κ3) is 5.71. The van der Waals surface area contributed by atoms with E-state index < -0.39 is 0 Å². The minimum Gasteiger partial charge on any atom is -0.378 e. The number of benzene rings is 2. The summed E-state index contributed by atoms with van der Waals surface area (Å²) in [6.45, 7) is 2.58. The van der Waals surface area contributed by atoms with Gasteiger partial charge in [0, 0.05) is 37.4 Å². The van der Waals surface area contributed by atoms with Crippen molar-refractivity contribution in [3.05, 3.63) is 71.8 Å². The van der Waals surface area contributed by atoms with Crippen molar-refractivity contribution in [1.82, 2.24) is 19.7 Å². The van der Waals surface area contributed by atoms with Crippen LogP contribution in [0.4, 0.5) is 4.39 Å². The van der Waals surface area contributed by atoms with Crippen LogP contribution < -0.4 is 0 Å². The molecular weight excluding hydrogens is 415 g/mol. The molecule has 8 heteroatoms. The molecule has 1 aromatic heterocycles. The summed E-state index contributed by atoms with van der Waals surface area (Å²) in [4.78, 5) is 14.2. The quantitative estimate of drug-likeness (QED) is 0.395. The van der Waals surface area contributed by atoms with Crippen molar-refractivity contribution < 1.29 is 13.9 Å². The summed E-state index contributed by atoms with van der Waals surface area (Å²) < 4.78 is 20.7. The number of hydrogen-bond donors (Lipinski definition) is 0. The highest BCUT2D eigenvalue weighted by molar-refractivity contribution is 7.99. The Morgan fingerprint density at radius 3 is 2.52 bits per heavy atom. The molecule has 0 atom stereocenters. The van der Waals surface area contributed by atoms with Gasteiger partial charge in [-0.25, -0.2) is 4.39 Å². The van der Waals surface area contributed by atoms with Crippen molar-refractivity contribution in [2.45, 2.75) is 24.4 Å². The first-order valence-corrected chi connectivity index (χ1v) is 11.4. The Bertz CT molecular complexity index is 989. The second kappa shape index (κ2) is 10.5. The number of hydrogen-bond acceptors (Lipinski definition) is 5. The number of carbonyl (C=O) groups is 1. The van der Waals surface area contributed by atoms with Gasteiger partial charge < -0.3 is 9.64 Å². The predicted molar refractivity (Wildman–Crippen MR) is 118 cm³/mol. The molecule has 6 nitrogen and oxygen atoms in total. The molecule has 0 aliphatic carbocycles. The zero-order chi connectivity index (χ0) is 21.5. The SMILES string of the molecule is O=C(CCCSc1nnc(Cc2ccccc2)n1-c1ccc(F)cc1)N1CCOCC1. The van der Waals surface area contributed by atoms with E-state index in [1.54, 1.807) is 23.9 Å². The number of halogens is 1. The summed E-state index contributed by atoms with van der Waals surface area (Å²) in [5.41, 5.74) is 1.95. The van der Waals surface area contributed by atoms with Gasteiger partial charge in [0.25, 0.3) is 0 Å². The van der Waals surface area contributed by atoms with E-state index in [-0.39, 0.29) is 11.7 Å². The van der Waals surface area contributed by atoms with Crippen LogP contribution >= 0.6 is 11.8 Å². The average Bonchev–Trinajstić information content (AvgIpc) is 3.20. The van der Waals surface area contributed by atoms with Crippen molar-refractivity contribution >= 4 is 17.7 Å². The van der Waals surface area contributed by atoms with Crippen LogP contribution in [0.3, 0.4) is 0 Å². The van der Waals surface area contributed by atoms with Crippen LogP contribution in [0, 0.1) is 5.82 Å². The van der Waals surface area contributed by atoms with Crippen LogP contribution in [0.1, 0.15) is 24.2 Å². The largest absolute Gasteiger partial charge is 0.378 e. The molecule has 3 aromatic rings. The molecule has 31 heavy (non-hydrogen) atoms. The monoisotopic (exact) mass is 440 g/mol. The van der Waals surface area contributed by atoms with Gasteiger partial charge in [0.05, 0.1) is 13.2 Å². The van der Waals surface area contributed by atoms with E-state index in [1.807, 2.05) is 39.8 Å². The molecule has 1 amide bonds. The van der Waals surface area contributed by atoms with Crippen molar-refractivity contribution in [1.29, 1.82) is 0 Å². The molecule has 162 valence electrons. The third-order valence-corrected chi connectivity index (χ3v) is 6.14. The topological polar surface area (TPSA) is 60.2 Å². The second-order valence-corrected chi connectivity index (χ2v) is 8.38. The normalized spacial score (nSPS) is 14.0. The lowest BCUT2D eigenvalue weighted by Gasteiger charge is -2.26. The van der Waals surface area contributed by atoms with Gasteiger partial charge in [0.2, 0.25) is 5.91 Å². The van der Waals surface area contributed by atoms with Crippen LogP contribution in [0.2, 0.25) is 0 Å². The fourth-order valence-electron chi connectivity index (χ4n) is 3.49. The Morgan fingerprint density at radius 1 is 1.03 bits per heavy atom. The van der Waals surface area contributed by atoms with Crippen molar-refractivity contribution in [2.24, 2.45) is 0 Å². The summed E-state index contributed by atoms with van der Waals surface area (Å²) in [6.07, 6.45) is 1.89. The van der Waals surface area contributed by atoms with Gasteiger partial charge in [0.15, 0.2) is 5.16 Å². The highest BCUT2D eigenvalue weighted by Crippen LogP contribution is 2.25. The van der Waals surface area contributed by atoms with E-state index in [1.165, 1.54) is 12.1 Å².